The maximum atomic E-state index is 12.1. The molecule has 4 N–H and O–H groups in total. The highest BCUT2D eigenvalue weighted by atomic mass is 16.5. The van der Waals surface area contributed by atoms with Crippen LogP contribution in [0.2, 0.25) is 0 Å². The van der Waals surface area contributed by atoms with E-state index in [0.29, 0.717) is 28.8 Å². The number of carbonyl (C=O) groups excluding carboxylic acids is 1. The summed E-state index contributed by atoms with van der Waals surface area (Å²) in [5, 5.41) is 6.05. The van der Waals surface area contributed by atoms with Gasteiger partial charge in [-0.2, -0.15) is 0 Å². The molecule has 0 fully saturated rings. The molecule has 1 amide bonds. The fraction of sp³-hybridized carbons (Fsp3) is 0.333. The third kappa shape index (κ3) is 5.86. The zero-order chi connectivity index (χ0) is 21.4. The van der Waals surface area contributed by atoms with E-state index < -0.39 is 0 Å². The number of hydrogen-bond acceptors (Lipinski definition) is 7. The molecule has 1 aromatic carbocycles. The molecule has 1 heterocycles. The van der Waals surface area contributed by atoms with Crippen LogP contribution < -0.4 is 30.6 Å². The molecule has 2 unspecified atom stereocenters. The Bertz CT molecular complexity index is 843. The monoisotopic (exact) mass is 400 g/mol. The number of rotatable bonds is 9. The van der Waals surface area contributed by atoms with Gasteiger partial charge in [0.05, 0.1) is 21.3 Å². The van der Waals surface area contributed by atoms with Crippen LogP contribution in [0.3, 0.4) is 0 Å². The van der Waals surface area contributed by atoms with Gasteiger partial charge in [0.1, 0.15) is 5.82 Å². The molecule has 0 saturated carbocycles. The number of ether oxygens (including phenoxy) is 3. The molecule has 0 aliphatic carbocycles. The molecule has 2 aromatic rings. The summed E-state index contributed by atoms with van der Waals surface area (Å²) >= 11 is 0. The summed E-state index contributed by atoms with van der Waals surface area (Å²) in [7, 11) is 4.65. The first-order valence-corrected chi connectivity index (χ1v) is 9.15. The standard InChI is InChI=1S/C21H28N4O4/c1-13(22)14(2)24-19(26)9-8-15-7-6-10-23-21(15)25-16-11-17(27-3)20(29-5)18(12-16)28-4/h6-14H,22H2,1-5H3,(H,23,25)(H,24,26)/b9-8+. The van der Waals surface area contributed by atoms with E-state index in [1.54, 1.807) is 51.8 Å². The van der Waals surface area contributed by atoms with E-state index in [4.69, 9.17) is 19.9 Å². The Labute approximate surface area is 171 Å². The van der Waals surface area contributed by atoms with Crippen LogP contribution >= 0.6 is 0 Å². The Hall–Kier alpha value is -3.26. The molecule has 29 heavy (non-hydrogen) atoms. The Morgan fingerprint density at radius 1 is 1.14 bits per heavy atom. The molecule has 156 valence electrons. The van der Waals surface area contributed by atoms with Crippen molar-refractivity contribution in [1.82, 2.24) is 10.3 Å². The first-order valence-electron chi connectivity index (χ1n) is 9.15. The largest absolute Gasteiger partial charge is 0.493 e. The van der Waals surface area contributed by atoms with Crippen molar-refractivity contribution in [3.05, 3.63) is 42.1 Å². The summed E-state index contributed by atoms with van der Waals surface area (Å²) in [6.07, 6.45) is 4.81. The van der Waals surface area contributed by atoms with Gasteiger partial charge >= 0.3 is 0 Å². The summed E-state index contributed by atoms with van der Waals surface area (Å²) in [6.45, 7) is 3.70. The second-order valence-corrected chi connectivity index (χ2v) is 6.47. The van der Waals surface area contributed by atoms with Gasteiger partial charge in [-0.3, -0.25) is 4.79 Å². The lowest BCUT2D eigenvalue weighted by Crippen LogP contribution is -2.43. The molecule has 0 aliphatic heterocycles. The number of benzene rings is 1. The van der Waals surface area contributed by atoms with Crippen molar-refractivity contribution in [3.8, 4) is 17.2 Å². The van der Waals surface area contributed by atoms with E-state index in [1.165, 1.54) is 6.08 Å². The highest BCUT2D eigenvalue weighted by Gasteiger charge is 2.14. The van der Waals surface area contributed by atoms with E-state index in [2.05, 4.69) is 15.6 Å². The van der Waals surface area contributed by atoms with Crippen molar-refractivity contribution >= 4 is 23.5 Å². The molecule has 2 atom stereocenters. The Kier molecular flexibility index (Phi) is 7.85. The van der Waals surface area contributed by atoms with E-state index in [9.17, 15) is 4.79 Å². The first-order chi connectivity index (χ1) is 13.9. The first kappa shape index (κ1) is 22.0. The summed E-state index contributed by atoms with van der Waals surface area (Å²) < 4.78 is 16.1. The highest BCUT2D eigenvalue weighted by Crippen LogP contribution is 2.40. The summed E-state index contributed by atoms with van der Waals surface area (Å²) in [6, 6.07) is 6.94. The molecule has 0 saturated heterocycles. The normalized spacial score (nSPS) is 12.9. The minimum absolute atomic E-state index is 0.127. The smallest absolute Gasteiger partial charge is 0.244 e. The molecule has 0 spiro atoms. The van der Waals surface area contributed by atoms with Gasteiger partial charge in [-0.25, -0.2) is 4.98 Å². The third-order valence-electron chi connectivity index (χ3n) is 4.34. The number of pyridine rings is 1. The number of nitrogens with zero attached hydrogens (tertiary/aromatic N) is 1. The second kappa shape index (κ2) is 10.3. The highest BCUT2D eigenvalue weighted by molar-refractivity contribution is 5.92. The number of carbonyl (C=O) groups is 1. The van der Waals surface area contributed by atoms with Crippen molar-refractivity contribution in [2.24, 2.45) is 5.73 Å². The molecule has 0 bridgehead atoms. The van der Waals surface area contributed by atoms with Crippen LogP contribution in [0.15, 0.2) is 36.5 Å². The number of anilines is 2. The fourth-order valence-electron chi connectivity index (χ4n) is 2.52. The number of amides is 1. The van der Waals surface area contributed by atoms with Crippen molar-refractivity contribution in [2.45, 2.75) is 25.9 Å². The number of nitrogens with two attached hydrogens (primary N) is 1. The Balaban J connectivity index is 2.25. The average molecular weight is 400 g/mol. The number of aromatic nitrogens is 1. The average Bonchev–Trinajstić information content (AvgIpc) is 2.72. The SMILES string of the molecule is COc1cc(Nc2ncccc2/C=C/C(=O)NC(C)C(C)N)cc(OC)c1OC. The van der Waals surface area contributed by atoms with Crippen LogP contribution in [-0.4, -0.2) is 44.3 Å². The lowest BCUT2D eigenvalue weighted by atomic mass is 10.2. The Morgan fingerprint density at radius 2 is 1.79 bits per heavy atom. The molecule has 2 rings (SSSR count). The van der Waals surface area contributed by atoms with Crippen molar-refractivity contribution in [3.63, 3.8) is 0 Å². The molecule has 8 heteroatoms. The fourth-order valence-corrected chi connectivity index (χ4v) is 2.52. The van der Waals surface area contributed by atoms with Gasteiger partial charge in [0, 0.05) is 47.7 Å². The molecular formula is C21H28N4O4. The van der Waals surface area contributed by atoms with Crippen molar-refractivity contribution in [1.29, 1.82) is 0 Å². The van der Waals surface area contributed by atoms with E-state index >= 15 is 0 Å². The van der Waals surface area contributed by atoms with Crippen molar-refractivity contribution < 1.29 is 19.0 Å². The van der Waals surface area contributed by atoms with Crippen LogP contribution in [0.25, 0.3) is 6.08 Å². The maximum Gasteiger partial charge on any atom is 0.244 e. The molecule has 1 aromatic heterocycles. The van der Waals surface area contributed by atoms with Crippen LogP contribution in [0.1, 0.15) is 19.4 Å². The zero-order valence-electron chi connectivity index (χ0n) is 17.4. The van der Waals surface area contributed by atoms with E-state index in [-0.39, 0.29) is 18.0 Å². The van der Waals surface area contributed by atoms with Crippen molar-refractivity contribution in [2.75, 3.05) is 26.6 Å². The second-order valence-electron chi connectivity index (χ2n) is 6.47. The predicted molar refractivity (Wildman–Crippen MR) is 114 cm³/mol. The van der Waals surface area contributed by atoms with Crippen LogP contribution in [-0.2, 0) is 4.79 Å². The summed E-state index contributed by atoms with van der Waals surface area (Å²) in [5.41, 5.74) is 7.22. The van der Waals surface area contributed by atoms with Crippen LogP contribution in [0, 0.1) is 0 Å². The van der Waals surface area contributed by atoms with E-state index in [0.717, 1.165) is 5.56 Å². The van der Waals surface area contributed by atoms with Gasteiger partial charge in [0.25, 0.3) is 0 Å². The van der Waals surface area contributed by atoms with Gasteiger partial charge in [-0.1, -0.05) is 0 Å². The maximum absolute atomic E-state index is 12.1. The Morgan fingerprint density at radius 3 is 2.34 bits per heavy atom. The van der Waals surface area contributed by atoms with Gasteiger partial charge < -0.3 is 30.6 Å². The lowest BCUT2D eigenvalue weighted by Gasteiger charge is -2.16. The van der Waals surface area contributed by atoms with E-state index in [1.807, 2.05) is 19.9 Å². The minimum atomic E-state index is -0.225. The van der Waals surface area contributed by atoms with Crippen LogP contribution in [0.4, 0.5) is 11.5 Å². The topological polar surface area (TPSA) is 108 Å². The number of methoxy groups -OCH3 is 3. The molecule has 0 radical (unpaired) electrons. The van der Waals surface area contributed by atoms with Gasteiger partial charge in [0.15, 0.2) is 11.5 Å². The zero-order valence-corrected chi connectivity index (χ0v) is 17.4. The molecule has 0 aliphatic rings. The van der Waals surface area contributed by atoms with Gasteiger partial charge in [-0.05, 0) is 32.1 Å². The molecular weight excluding hydrogens is 372 g/mol. The quantitative estimate of drug-likeness (QED) is 0.556. The minimum Gasteiger partial charge on any atom is -0.493 e. The molecule has 8 nitrogen and oxygen atoms in total. The van der Waals surface area contributed by atoms with Gasteiger partial charge in [0.2, 0.25) is 11.7 Å². The van der Waals surface area contributed by atoms with Crippen LogP contribution in [0.5, 0.6) is 17.2 Å². The third-order valence-corrected chi connectivity index (χ3v) is 4.34. The van der Waals surface area contributed by atoms with Gasteiger partial charge in [-0.15, -0.1) is 0 Å². The lowest BCUT2D eigenvalue weighted by molar-refractivity contribution is -0.117. The predicted octanol–water partition coefficient (Wildman–Crippen LogP) is 2.72. The number of nitrogens with one attached hydrogen (secondary N) is 2. The summed E-state index contributed by atoms with van der Waals surface area (Å²) in [5.74, 6) is 1.89. The number of hydrogen-bond donors (Lipinski definition) is 3. The summed E-state index contributed by atoms with van der Waals surface area (Å²) in [4.78, 5) is 16.5.